The van der Waals surface area contributed by atoms with E-state index in [1.807, 2.05) is 0 Å². The van der Waals surface area contributed by atoms with Gasteiger partial charge in [-0.2, -0.15) is 0 Å². The zero-order valence-electron chi connectivity index (χ0n) is 11.3. The minimum Gasteiger partial charge on any atom is -0.481 e. The largest absolute Gasteiger partial charge is 0.481 e. The van der Waals surface area contributed by atoms with E-state index in [0.29, 0.717) is 0 Å². The minimum absolute atomic E-state index is 0.278. The molecule has 0 rings (SSSR count). The Labute approximate surface area is 127 Å². The summed E-state index contributed by atoms with van der Waals surface area (Å²) in [5, 5.41) is 41.4. The lowest BCUT2D eigenvalue weighted by Gasteiger charge is -2.18. The Hall–Kier alpha value is -2.09. The van der Waals surface area contributed by atoms with Gasteiger partial charge in [0.05, 0.1) is 19.4 Å². The predicted octanol–water partition coefficient (Wildman–Crippen LogP) is -3.15. The van der Waals surface area contributed by atoms with Gasteiger partial charge < -0.3 is 45.9 Å². The molecule has 0 heterocycles. The molecule has 0 saturated heterocycles. The molecule has 0 aliphatic heterocycles. The molecule has 14 nitrogen and oxygen atoms in total. The Morgan fingerprint density at radius 2 is 1.04 bits per heavy atom. The molecule has 0 saturated carbocycles. The van der Waals surface area contributed by atoms with Crippen LogP contribution in [0.25, 0.3) is 0 Å². The second-order valence-electron chi connectivity index (χ2n) is 3.59. The molecule has 0 fully saturated rings. The maximum absolute atomic E-state index is 10.3. The number of nitrogens with two attached hydrogens (primary N) is 1. The van der Waals surface area contributed by atoms with Crippen LogP contribution in [0, 0.1) is 0 Å². The maximum atomic E-state index is 10.3. The summed E-state index contributed by atoms with van der Waals surface area (Å²) in [6.07, 6.45) is -2.29. The fourth-order valence-electron chi connectivity index (χ4n) is 0.714. The van der Waals surface area contributed by atoms with Crippen LogP contribution in [0.2, 0.25) is 0 Å². The number of hydrogen-bond donors (Lipinski definition) is 9. The zero-order chi connectivity index (χ0) is 19.4. The molecule has 0 spiro atoms. The molecule has 0 aromatic heterocycles. The zero-order valence-corrected chi connectivity index (χ0v) is 12.2. The van der Waals surface area contributed by atoms with Gasteiger partial charge in [-0.25, -0.2) is 9.36 Å². The van der Waals surface area contributed by atoms with E-state index in [1.165, 1.54) is 0 Å². The number of aliphatic carboxylic acids is 4. The predicted molar refractivity (Wildman–Crippen MR) is 68.0 cm³/mol. The van der Waals surface area contributed by atoms with Crippen LogP contribution in [-0.4, -0.2) is 76.2 Å². The third kappa shape index (κ3) is 25.2. The van der Waals surface area contributed by atoms with Gasteiger partial charge in [0.1, 0.15) is 0 Å². The van der Waals surface area contributed by atoms with Crippen LogP contribution >= 0.6 is 7.82 Å². The van der Waals surface area contributed by atoms with E-state index in [-0.39, 0.29) is 6.54 Å². The Kier molecular flexibility index (Phi) is 12.9. The van der Waals surface area contributed by atoms with Crippen LogP contribution in [0.4, 0.5) is 0 Å². The van der Waals surface area contributed by atoms with Gasteiger partial charge in [0.25, 0.3) is 0 Å². The third-order valence-electron chi connectivity index (χ3n) is 1.46. The van der Waals surface area contributed by atoms with Crippen LogP contribution < -0.4 is 5.73 Å². The van der Waals surface area contributed by atoms with E-state index in [1.54, 1.807) is 0 Å². The van der Waals surface area contributed by atoms with E-state index in [4.69, 9.17) is 44.8 Å². The highest BCUT2D eigenvalue weighted by Crippen LogP contribution is 2.25. The van der Waals surface area contributed by atoms with Crippen LogP contribution in [-0.2, 0) is 23.7 Å². The van der Waals surface area contributed by atoms with Gasteiger partial charge in [-0.05, 0) is 0 Å². The van der Waals surface area contributed by atoms with Crippen molar-refractivity contribution in [3.63, 3.8) is 0 Å². The number of carbonyl (C=O) groups is 4. The van der Waals surface area contributed by atoms with Gasteiger partial charge in [0.15, 0.2) is 5.60 Å². The SMILES string of the molecule is NCC(=O)O.O=C(O)CC(O)(CC(=O)O)C(=O)O.O=P(O)(O)O. The molecule has 136 valence electrons. The van der Waals surface area contributed by atoms with E-state index < -0.39 is 50.1 Å². The first-order valence-electron chi connectivity index (χ1n) is 5.14. The number of aliphatic hydroxyl groups is 1. The Morgan fingerprint density at radius 3 is 1.13 bits per heavy atom. The van der Waals surface area contributed by atoms with Gasteiger partial charge in [0, 0.05) is 0 Å². The number of rotatable bonds is 6. The van der Waals surface area contributed by atoms with Crippen molar-refractivity contribution < 1.29 is 64.0 Å². The standard InChI is InChI=1S/C6H8O7.C2H5NO2.H3O4P/c7-3(8)1-6(13,5(11)12)2-4(9)10;3-1-2(4)5;1-5(2,3)4/h13H,1-2H2,(H,7,8)(H,9,10)(H,11,12);1,3H2,(H,4,5);(H3,1,2,3,4). The summed E-state index contributed by atoms with van der Waals surface area (Å²) in [5.74, 6) is -5.99. The lowest BCUT2D eigenvalue weighted by molar-refractivity contribution is -0.170. The van der Waals surface area contributed by atoms with E-state index in [0.717, 1.165) is 0 Å². The highest BCUT2D eigenvalue weighted by Gasteiger charge is 2.40. The summed E-state index contributed by atoms with van der Waals surface area (Å²) < 4.78 is 8.88. The molecule has 0 aliphatic rings. The molecule has 0 aromatic carbocycles. The first-order chi connectivity index (χ1) is 10.0. The molecule has 10 N–H and O–H groups in total. The molecule has 0 bridgehead atoms. The average Bonchev–Trinajstić information content (AvgIpc) is 2.24. The molecule has 23 heavy (non-hydrogen) atoms. The van der Waals surface area contributed by atoms with Gasteiger partial charge in [-0.1, -0.05) is 0 Å². The Balaban J connectivity index is -0.000000329. The summed E-state index contributed by atoms with van der Waals surface area (Å²) in [6.45, 7) is -0.278. The third-order valence-corrected chi connectivity index (χ3v) is 1.46. The smallest absolute Gasteiger partial charge is 0.466 e. The number of phosphoric acid groups is 1. The highest BCUT2D eigenvalue weighted by atomic mass is 31.2. The van der Waals surface area contributed by atoms with Crippen LogP contribution in [0.1, 0.15) is 12.8 Å². The molecule has 0 unspecified atom stereocenters. The van der Waals surface area contributed by atoms with Crippen molar-refractivity contribution in [2.45, 2.75) is 18.4 Å². The highest BCUT2D eigenvalue weighted by molar-refractivity contribution is 7.45. The number of carboxylic acids is 4. The van der Waals surface area contributed by atoms with E-state index in [9.17, 15) is 19.2 Å². The summed E-state index contributed by atoms with van der Waals surface area (Å²) in [7, 11) is -4.64. The second-order valence-corrected chi connectivity index (χ2v) is 4.62. The molecule has 0 radical (unpaired) electrons. The monoisotopic (exact) mass is 365 g/mol. The maximum Gasteiger partial charge on any atom is 0.466 e. The van der Waals surface area contributed by atoms with Crippen molar-refractivity contribution in [1.29, 1.82) is 0 Å². The molecule has 0 aromatic rings. The first-order valence-corrected chi connectivity index (χ1v) is 6.71. The van der Waals surface area contributed by atoms with Gasteiger partial charge in [-0.3, -0.25) is 14.4 Å². The topological polar surface area (TPSA) is 273 Å². The number of carboxylic acid groups (broad SMARTS) is 4. The van der Waals surface area contributed by atoms with Crippen molar-refractivity contribution in [2.75, 3.05) is 6.54 Å². The van der Waals surface area contributed by atoms with E-state index >= 15 is 0 Å². The van der Waals surface area contributed by atoms with Crippen LogP contribution in [0.5, 0.6) is 0 Å². The van der Waals surface area contributed by atoms with Gasteiger partial charge in [-0.15, -0.1) is 0 Å². The molecule has 0 aliphatic carbocycles. The summed E-state index contributed by atoms with van der Waals surface area (Å²) >= 11 is 0. The molecule has 0 amide bonds. The normalized spacial score (nSPS) is 10.3. The van der Waals surface area contributed by atoms with E-state index in [2.05, 4.69) is 5.73 Å². The van der Waals surface area contributed by atoms with Crippen molar-refractivity contribution in [3.05, 3.63) is 0 Å². The summed E-state index contributed by atoms with van der Waals surface area (Å²) in [6, 6.07) is 0. The van der Waals surface area contributed by atoms with Crippen molar-refractivity contribution in [3.8, 4) is 0 Å². The van der Waals surface area contributed by atoms with Crippen LogP contribution in [0.15, 0.2) is 0 Å². The molecule has 15 heteroatoms. The molecular formula is C8H16NO13P. The Morgan fingerprint density at radius 1 is 0.826 bits per heavy atom. The molecule has 0 atom stereocenters. The van der Waals surface area contributed by atoms with Crippen LogP contribution in [0.3, 0.4) is 0 Å². The quantitative estimate of drug-likeness (QED) is 0.210. The summed E-state index contributed by atoms with van der Waals surface area (Å²) in [5.41, 5.74) is 1.83. The second kappa shape index (κ2) is 11.5. The number of hydrogen-bond acceptors (Lipinski definition) is 7. The minimum atomic E-state index is -4.64. The van der Waals surface area contributed by atoms with Crippen molar-refractivity contribution >= 4 is 31.7 Å². The van der Waals surface area contributed by atoms with Crippen molar-refractivity contribution in [2.24, 2.45) is 5.73 Å². The average molecular weight is 365 g/mol. The lowest BCUT2D eigenvalue weighted by Crippen LogP contribution is -2.42. The molecular weight excluding hydrogens is 349 g/mol. The fraction of sp³-hybridized carbons (Fsp3) is 0.500. The fourth-order valence-corrected chi connectivity index (χ4v) is 0.714. The van der Waals surface area contributed by atoms with Crippen molar-refractivity contribution in [1.82, 2.24) is 0 Å². The van der Waals surface area contributed by atoms with Gasteiger partial charge >= 0.3 is 31.7 Å². The Bertz CT molecular complexity index is 444. The summed E-state index contributed by atoms with van der Waals surface area (Å²) in [4.78, 5) is 61.3. The lowest BCUT2D eigenvalue weighted by atomic mass is 9.96. The van der Waals surface area contributed by atoms with Gasteiger partial charge in [0.2, 0.25) is 0 Å². The first kappa shape index (κ1) is 25.8.